The van der Waals surface area contributed by atoms with Crippen LogP contribution in [0.5, 0.6) is 0 Å². The third-order valence-corrected chi connectivity index (χ3v) is 3.50. The first-order valence-electron chi connectivity index (χ1n) is 5.00. The van der Waals surface area contributed by atoms with Gasteiger partial charge in [0.1, 0.15) is 0 Å². The minimum absolute atomic E-state index is 0.181. The highest BCUT2D eigenvalue weighted by atomic mass is 79.9. The van der Waals surface area contributed by atoms with Gasteiger partial charge in [-0.05, 0) is 19.8 Å². The van der Waals surface area contributed by atoms with Gasteiger partial charge in [0, 0.05) is 23.3 Å². The summed E-state index contributed by atoms with van der Waals surface area (Å²) < 4.78 is 0. The zero-order chi connectivity index (χ0) is 10.0. The van der Waals surface area contributed by atoms with E-state index in [0.717, 1.165) is 19.4 Å². The Morgan fingerprint density at radius 2 is 2.31 bits per heavy atom. The molecule has 3 unspecified atom stereocenters. The van der Waals surface area contributed by atoms with E-state index in [1.54, 1.807) is 0 Å². The Morgan fingerprint density at radius 3 is 2.69 bits per heavy atom. The Morgan fingerprint density at radius 1 is 1.69 bits per heavy atom. The number of nitrogens with zero attached hydrogens (tertiary/aromatic N) is 1. The maximum atomic E-state index is 11.8. The standard InChI is InChI=1S/C10H18BrNO/c1-4-7(2)10(13)12-6-9(11)5-8(12)3/h7-9H,4-6H2,1-3H3. The summed E-state index contributed by atoms with van der Waals surface area (Å²) in [6.45, 7) is 7.08. The van der Waals surface area contributed by atoms with Crippen molar-refractivity contribution in [2.45, 2.75) is 44.5 Å². The van der Waals surface area contributed by atoms with Crippen LogP contribution in [0.1, 0.15) is 33.6 Å². The van der Waals surface area contributed by atoms with Gasteiger partial charge in [-0.1, -0.05) is 29.8 Å². The molecule has 3 heteroatoms. The quantitative estimate of drug-likeness (QED) is 0.687. The Labute approximate surface area is 88.8 Å². The number of hydrogen-bond donors (Lipinski definition) is 0. The fourth-order valence-electron chi connectivity index (χ4n) is 1.73. The van der Waals surface area contributed by atoms with Crippen LogP contribution in [0.3, 0.4) is 0 Å². The van der Waals surface area contributed by atoms with Crippen molar-refractivity contribution in [1.82, 2.24) is 4.90 Å². The molecule has 1 saturated heterocycles. The highest BCUT2D eigenvalue weighted by Crippen LogP contribution is 2.25. The van der Waals surface area contributed by atoms with E-state index in [4.69, 9.17) is 0 Å². The zero-order valence-electron chi connectivity index (χ0n) is 8.59. The molecule has 76 valence electrons. The number of likely N-dealkylation sites (tertiary alicyclic amines) is 1. The van der Waals surface area contributed by atoms with E-state index >= 15 is 0 Å². The van der Waals surface area contributed by atoms with E-state index in [1.165, 1.54) is 0 Å². The predicted octanol–water partition coefficient (Wildman–Crippen LogP) is 2.42. The van der Waals surface area contributed by atoms with E-state index in [9.17, 15) is 4.79 Å². The largest absolute Gasteiger partial charge is 0.339 e. The van der Waals surface area contributed by atoms with Crippen molar-refractivity contribution in [3.05, 3.63) is 0 Å². The van der Waals surface area contributed by atoms with Crippen LogP contribution in [-0.4, -0.2) is 28.2 Å². The minimum Gasteiger partial charge on any atom is -0.339 e. The maximum Gasteiger partial charge on any atom is 0.225 e. The van der Waals surface area contributed by atoms with Crippen molar-refractivity contribution in [3.8, 4) is 0 Å². The SMILES string of the molecule is CCC(C)C(=O)N1CC(Br)CC1C. The highest BCUT2D eigenvalue weighted by molar-refractivity contribution is 9.09. The van der Waals surface area contributed by atoms with Crippen LogP contribution in [0.15, 0.2) is 0 Å². The lowest BCUT2D eigenvalue weighted by molar-refractivity contribution is -0.135. The summed E-state index contributed by atoms with van der Waals surface area (Å²) in [7, 11) is 0. The molecule has 1 aliphatic rings. The van der Waals surface area contributed by atoms with E-state index in [0.29, 0.717) is 16.8 Å². The number of halogens is 1. The van der Waals surface area contributed by atoms with E-state index in [1.807, 2.05) is 11.8 Å². The summed E-state index contributed by atoms with van der Waals surface area (Å²) in [6.07, 6.45) is 2.02. The second kappa shape index (κ2) is 4.45. The monoisotopic (exact) mass is 247 g/mol. The molecule has 3 atom stereocenters. The normalized spacial score (nSPS) is 30.6. The van der Waals surface area contributed by atoms with Gasteiger partial charge in [-0.15, -0.1) is 0 Å². The summed E-state index contributed by atoms with van der Waals surface area (Å²) in [4.78, 5) is 14.3. The van der Waals surface area contributed by atoms with E-state index < -0.39 is 0 Å². The molecule has 1 fully saturated rings. The number of carbonyl (C=O) groups is 1. The molecule has 0 radical (unpaired) electrons. The Kier molecular flexibility index (Phi) is 3.77. The summed E-state index contributed by atoms with van der Waals surface area (Å²) in [5, 5.41) is 0. The lowest BCUT2D eigenvalue weighted by Crippen LogP contribution is -2.37. The molecular weight excluding hydrogens is 230 g/mol. The molecule has 0 saturated carbocycles. The third kappa shape index (κ3) is 2.46. The lowest BCUT2D eigenvalue weighted by atomic mass is 10.1. The van der Waals surface area contributed by atoms with Crippen LogP contribution in [0, 0.1) is 5.92 Å². The minimum atomic E-state index is 0.181. The predicted molar refractivity (Wildman–Crippen MR) is 58.0 cm³/mol. The summed E-state index contributed by atoms with van der Waals surface area (Å²) in [6, 6.07) is 0.408. The molecule has 0 aromatic rings. The van der Waals surface area contributed by atoms with Crippen LogP contribution < -0.4 is 0 Å². The maximum absolute atomic E-state index is 11.8. The molecule has 1 aliphatic heterocycles. The molecule has 0 aromatic heterocycles. The molecule has 1 heterocycles. The summed E-state index contributed by atoms with van der Waals surface area (Å²) in [5.41, 5.74) is 0. The molecule has 0 N–H and O–H groups in total. The molecule has 13 heavy (non-hydrogen) atoms. The van der Waals surface area contributed by atoms with Crippen molar-refractivity contribution in [2.24, 2.45) is 5.92 Å². The first-order valence-corrected chi connectivity index (χ1v) is 5.92. The van der Waals surface area contributed by atoms with Crippen LogP contribution in [0.25, 0.3) is 0 Å². The summed E-state index contributed by atoms with van der Waals surface area (Å²) in [5.74, 6) is 0.497. The summed E-state index contributed by atoms with van der Waals surface area (Å²) >= 11 is 3.56. The number of alkyl halides is 1. The Hall–Kier alpha value is -0.0500. The van der Waals surface area contributed by atoms with Gasteiger partial charge < -0.3 is 4.90 Å². The van der Waals surface area contributed by atoms with E-state index in [2.05, 4.69) is 29.8 Å². The fraction of sp³-hybridized carbons (Fsp3) is 0.900. The number of amides is 1. The molecule has 0 aromatic carbocycles. The van der Waals surface area contributed by atoms with Gasteiger partial charge >= 0.3 is 0 Å². The molecule has 2 nitrogen and oxygen atoms in total. The van der Waals surface area contributed by atoms with Crippen LogP contribution >= 0.6 is 15.9 Å². The van der Waals surface area contributed by atoms with Gasteiger partial charge in [0.2, 0.25) is 5.91 Å². The van der Waals surface area contributed by atoms with Crippen LogP contribution in [0.4, 0.5) is 0 Å². The van der Waals surface area contributed by atoms with Crippen molar-refractivity contribution in [3.63, 3.8) is 0 Å². The van der Waals surface area contributed by atoms with Crippen molar-refractivity contribution >= 4 is 21.8 Å². The molecule has 0 spiro atoms. The first-order chi connectivity index (χ1) is 6.06. The Bertz CT molecular complexity index is 195. The molecule has 1 rings (SSSR count). The molecule has 0 bridgehead atoms. The van der Waals surface area contributed by atoms with Gasteiger partial charge in [0.05, 0.1) is 0 Å². The fourth-order valence-corrected chi connectivity index (χ4v) is 2.58. The van der Waals surface area contributed by atoms with Crippen LogP contribution in [-0.2, 0) is 4.79 Å². The van der Waals surface area contributed by atoms with Crippen LogP contribution in [0.2, 0.25) is 0 Å². The smallest absolute Gasteiger partial charge is 0.225 e. The van der Waals surface area contributed by atoms with E-state index in [-0.39, 0.29) is 5.92 Å². The molecule has 0 aliphatic carbocycles. The molecular formula is C10H18BrNO. The second-order valence-corrected chi connectivity index (χ2v) is 5.28. The number of carbonyl (C=O) groups excluding carboxylic acids is 1. The van der Waals surface area contributed by atoms with Gasteiger partial charge in [0.15, 0.2) is 0 Å². The average molecular weight is 248 g/mol. The topological polar surface area (TPSA) is 20.3 Å². The van der Waals surface area contributed by atoms with Crippen molar-refractivity contribution in [2.75, 3.05) is 6.54 Å². The van der Waals surface area contributed by atoms with Gasteiger partial charge in [-0.2, -0.15) is 0 Å². The van der Waals surface area contributed by atoms with Gasteiger partial charge in [0.25, 0.3) is 0 Å². The van der Waals surface area contributed by atoms with Crippen molar-refractivity contribution < 1.29 is 4.79 Å². The lowest BCUT2D eigenvalue weighted by Gasteiger charge is -2.24. The highest BCUT2D eigenvalue weighted by Gasteiger charge is 2.32. The first kappa shape index (κ1) is 11.0. The third-order valence-electron chi connectivity index (χ3n) is 2.84. The second-order valence-electron chi connectivity index (χ2n) is 3.98. The number of hydrogen-bond acceptors (Lipinski definition) is 1. The van der Waals surface area contributed by atoms with Crippen molar-refractivity contribution in [1.29, 1.82) is 0 Å². The van der Waals surface area contributed by atoms with Gasteiger partial charge in [-0.3, -0.25) is 4.79 Å². The molecule has 1 amide bonds. The number of rotatable bonds is 2. The Balaban J connectivity index is 2.57. The van der Waals surface area contributed by atoms with Gasteiger partial charge in [-0.25, -0.2) is 0 Å². The average Bonchev–Trinajstić information content (AvgIpc) is 2.42. The zero-order valence-corrected chi connectivity index (χ0v) is 10.2.